The van der Waals surface area contributed by atoms with Crippen LogP contribution in [-0.2, 0) is 16.0 Å². The summed E-state index contributed by atoms with van der Waals surface area (Å²) in [4.78, 5) is 24.2. The molecule has 0 radical (unpaired) electrons. The molecule has 0 aromatic carbocycles. The highest BCUT2D eigenvalue weighted by molar-refractivity contribution is 5.69. The summed E-state index contributed by atoms with van der Waals surface area (Å²) in [5, 5.41) is 16.1. The Labute approximate surface area is 168 Å². The van der Waals surface area contributed by atoms with E-state index in [-0.39, 0.29) is 6.42 Å². The number of carboxylic acid groups (broad SMARTS) is 1. The molecule has 4 fully saturated rings. The number of H-pyrrole nitrogens is 1. The number of hydrogen-bond donors (Lipinski definition) is 3. The Hall–Kier alpha value is -2.88. The smallest absolute Gasteiger partial charge is 0.309 e. The van der Waals surface area contributed by atoms with Gasteiger partial charge in [-0.15, -0.1) is 0 Å². The Morgan fingerprint density at radius 3 is 2.48 bits per heavy atom. The third-order valence-corrected chi connectivity index (χ3v) is 6.03. The van der Waals surface area contributed by atoms with Crippen LogP contribution in [0.1, 0.15) is 36.6 Å². The summed E-state index contributed by atoms with van der Waals surface area (Å²) in [5.74, 6) is 1.49. The third-order valence-electron chi connectivity index (χ3n) is 6.03. The van der Waals surface area contributed by atoms with E-state index in [9.17, 15) is 4.79 Å². The van der Waals surface area contributed by atoms with Gasteiger partial charge in [-0.05, 0) is 18.9 Å². The van der Waals surface area contributed by atoms with Crippen LogP contribution in [0, 0.1) is 0 Å². The summed E-state index contributed by atoms with van der Waals surface area (Å²) in [6.07, 6.45) is 3.58. The highest BCUT2D eigenvalue weighted by atomic mass is 16.5. The van der Waals surface area contributed by atoms with E-state index in [2.05, 4.69) is 30.0 Å². The van der Waals surface area contributed by atoms with Crippen molar-refractivity contribution in [1.82, 2.24) is 20.2 Å². The molecule has 10 heteroatoms. The minimum Gasteiger partial charge on any atom is -0.481 e. The number of morpholine rings is 1. The Balaban J connectivity index is 1.25. The zero-order valence-corrected chi connectivity index (χ0v) is 16.1. The summed E-state index contributed by atoms with van der Waals surface area (Å²) in [7, 11) is 0. The third kappa shape index (κ3) is 3.71. The maximum atomic E-state index is 10.9. The van der Waals surface area contributed by atoms with Gasteiger partial charge < -0.3 is 25.4 Å². The number of nitrogens with one attached hydrogen (secondary N) is 1. The number of rotatable bonds is 5. The second kappa shape index (κ2) is 7.18. The first-order valence-corrected chi connectivity index (χ1v) is 10.1. The fraction of sp³-hybridized carbons (Fsp3) is 0.579. The lowest BCUT2D eigenvalue weighted by Crippen LogP contribution is -2.57. The first-order valence-electron chi connectivity index (χ1n) is 10.1. The van der Waals surface area contributed by atoms with Gasteiger partial charge in [0.2, 0.25) is 5.95 Å². The molecule has 2 bridgehead atoms. The molecule has 0 saturated carbocycles. The summed E-state index contributed by atoms with van der Waals surface area (Å²) in [5.41, 5.74) is 7.60. The molecule has 2 atom stereocenters. The quantitative estimate of drug-likeness (QED) is 0.666. The topological polar surface area (TPSA) is 133 Å². The molecule has 154 valence electrons. The van der Waals surface area contributed by atoms with Crippen LogP contribution in [0.3, 0.4) is 0 Å². The van der Waals surface area contributed by atoms with E-state index in [1.165, 1.54) is 0 Å². The fourth-order valence-corrected chi connectivity index (χ4v) is 4.55. The van der Waals surface area contributed by atoms with Crippen molar-refractivity contribution in [3.05, 3.63) is 23.5 Å². The molecular weight excluding hydrogens is 374 g/mol. The molecule has 4 saturated heterocycles. The molecule has 4 aliphatic heterocycles. The molecule has 6 heterocycles. The number of nitrogens with zero attached hydrogens (tertiary/aromatic N) is 5. The van der Waals surface area contributed by atoms with Gasteiger partial charge in [-0.1, -0.05) is 0 Å². The number of piperidine rings is 2. The molecule has 6 rings (SSSR count). The zero-order valence-electron chi connectivity index (χ0n) is 16.1. The monoisotopic (exact) mass is 399 g/mol. The molecule has 0 amide bonds. The van der Waals surface area contributed by atoms with Crippen LogP contribution in [0.4, 0.5) is 17.6 Å². The van der Waals surface area contributed by atoms with Gasteiger partial charge in [0.25, 0.3) is 0 Å². The molecule has 0 aliphatic carbocycles. The number of nitrogens with two attached hydrogens (primary N) is 1. The normalized spacial score (nSPS) is 24.4. The van der Waals surface area contributed by atoms with E-state index in [1.54, 1.807) is 0 Å². The summed E-state index contributed by atoms with van der Waals surface area (Å²) in [6.45, 7) is 3.39. The maximum absolute atomic E-state index is 10.9. The number of aromatic nitrogens is 4. The van der Waals surface area contributed by atoms with Gasteiger partial charge in [-0.25, -0.2) is 0 Å². The van der Waals surface area contributed by atoms with Crippen molar-refractivity contribution < 1.29 is 14.6 Å². The standard InChI is InChI=1S/C19H25N7O3/c20-19-21-16(8-17(22-19)26-9-13-7-14(10-26)29-13)25-3-1-11(2-4-25)15-5-12(23-24-15)6-18(27)28/h5,8,11,13-14H,1-4,6-7,9-10H2,(H,23,24)(H,27,28)(H2,20,21,22). The van der Waals surface area contributed by atoms with Gasteiger partial charge in [-0.2, -0.15) is 15.1 Å². The second-order valence-electron chi connectivity index (χ2n) is 8.11. The van der Waals surface area contributed by atoms with E-state index in [0.717, 1.165) is 62.8 Å². The Bertz CT molecular complexity index is 893. The number of hydrogen-bond acceptors (Lipinski definition) is 8. The highest BCUT2D eigenvalue weighted by Crippen LogP contribution is 2.33. The van der Waals surface area contributed by atoms with E-state index in [0.29, 0.717) is 29.8 Å². The number of ether oxygens (including phenoxy) is 1. The fourth-order valence-electron chi connectivity index (χ4n) is 4.55. The summed E-state index contributed by atoms with van der Waals surface area (Å²) in [6, 6.07) is 3.90. The first kappa shape index (κ1) is 18.2. The lowest BCUT2D eigenvalue weighted by molar-refractivity contribution is -0.136. The molecule has 29 heavy (non-hydrogen) atoms. The van der Waals surface area contributed by atoms with Crippen molar-refractivity contribution in [1.29, 1.82) is 0 Å². The van der Waals surface area contributed by atoms with Gasteiger partial charge in [0.1, 0.15) is 11.6 Å². The molecule has 2 unspecified atom stereocenters. The van der Waals surface area contributed by atoms with Crippen LogP contribution in [0.15, 0.2) is 12.1 Å². The molecule has 4 N–H and O–H groups in total. The van der Waals surface area contributed by atoms with Gasteiger partial charge in [0.15, 0.2) is 0 Å². The van der Waals surface area contributed by atoms with E-state index in [4.69, 9.17) is 15.6 Å². The average molecular weight is 399 g/mol. The van der Waals surface area contributed by atoms with Crippen LogP contribution in [0.25, 0.3) is 0 Å². The van der Waals surface area contributed by atoms with Crippen LogP contribution in [0.5, 0.6) is 0 Å². The minimum atomic E-state index is -0.857. The molecule has 2 aromatic heterocycles. The van der Waals surface area contributed by atoms with Crippen molar-refractivity contribution in [2.45, 2.75) is 43.8 Å². The van der Waals surface area contributed by atoms with Gasteiger partial charge in [0, 0.05) is 50.3 Å². The molecule has 4 aliphatic rings. The van der Waals surface area contributed by atoms with Crippen LogP contribution >= 0.6 is 0 Å². The van der Waals surface area contributed by atoms with Crippen molar-refractivity contribution in [2.75, 3.05) is 41.7 Å². The molecule has 0 spiro atoms. The molecule has 2 aromatic rings. The lowest BCUT2D eigenvalue weighted by Gasteiger charge is -2.47. The maximum Gasteiger partial charge on any atom is 0.309 e. The van der Waals surface area contributed by atoms with Crippen LogP contribution in [-0.4, -0.2) is 69.6 Å². The van der Waals surface area contributed by atoms with Gasteiger partial charge >= 0.3 is 5.97 Å². The van der Waals surface area contributed by atoms with Crippen molar-refractivity contribution >= 4 is 23.6 Å². The number of aromatic amines is 1. The first-order chi connectivity index (χ1) is 14.0. The van der Waals surface area contributed by atoms with E-state index in [1.807, 2.05) is 12.1 Å². The number of fused-ring (bicyclic) bond motifs is 2. The average Bonchev–Trinajstić information content (AvgIpc) is 3.15. The predicted octanol–water partition coefficient (Wildman–Crippen LogP) is 0.770. The Morgan fingerprint density at radius 1 is 1.17 bits per heavy atom. The Kier molecular flexibility index (Phi) is 4.50. The number of carbonyl (C=O) groups is 1. The number of aliphatic carboxylic acids is 1. The lowest BCUT2D eigenvalue weighted by atomic mass is 9.93. The zero-order chi connectivity index (χ0) is 20.0. The van der Waals surface area contributed by atoms with Gasteiger partial charge in [-0.3, -0.25) is 9.89 Å². The van der Waals surface area contributed by atoms with Gasteiger partial charge in [0.05, 0.1) is 24.3 Å². The van der Waals surface area contributed by atoms with E-state index >= 15 is 0 Å². The molecular formula is C19H25N7O3. The van der Waals surface area contributed by atoms with Crippen molar-refractivity contribution in [3.8, 4) is 0 Å². The second-order valence-corrected chi connectivity index (χ2v) is 8.11. The molecule has 10 nitrogen and oxygen atoms in total. The van der Waals surface area contributed by atoms with Crippen molar-refractivity contribution in [2.24, 2.45) is 0 Å². The highest BCUT2D eigenvalue weighted by Gasteiger charge is 2.39. The predicted molar refractivity (Wildman–Crippen MR) is 106 cm³/mol. The Morgan fingerprint density at radius 2 is 1.83 bits per heavy atom. The van der Waals surface area contributed by atoms with Crippen molar-refractivity contribution in [3.63, 3.8) is 0 Å². The minimum absolute atomic E-state index is 0.0297. The number of anilines is 3. The van der Waals surface area contributed by atoms with Crippen LogP contribution < -0.4 is 15.5 Å². The summed E-state index contributed by atoms with van der Waals surface area (Å²) >= 11 is 0. The largest absolute Gasteiger partial charge is 0.481 e. The number of carboxylic acids is 1. The van der Waals surface area contributed by atoms with E-state index < -0.39 is 5.97 Å². The summed E-state index contributed by atoms with van der Waals surface area (Å²) < 4.78 is 5.71. The SMILES string of the molecule is Nc1nc(N2CCC(c3cc(CC(=O)O)[nH]n3)CC2)cc(N2CC3CC(C2)O3)n1. The number of nitrogen functional groups attached to an aromatic ring is 1. The van der Waals surface area contributed by atoms with Crippen LogP contribution in [0.2, 0.25) is 0 Å².